The average Bonchev–Trinajstić information content (AvgIpc) is 3.37. The fourth-order valence-corrected chi connectivity index (χ4v) is 5.24. The van der Waals surface area contributed by atoms with Crippen LogP contribution in [0.2, 0.25) is 0 Å². The molecule has 0 saturated heterocycles. The van der Waals surface area contributed by atoms with Gasteiger partial charge in [-0.15, -0.1) is 0 Å². The Morgan fingerprint density at radius 1 is 1.13 bits per heavy atom. The molecule has 1 saturated carbocycles. The van der Waals surface area contributed by atoms with Crippen LogP contribution in [-0.2, 0) is 15.9 Å². The molecule has 1 aliphatic rings. The molecule has 0 N–H and O–H groups in total. The first kappa shape index (κ1) is 20.4. The van der Waals surface area contributed by atoms with E-state index in [4.69, 9.17) is 4.74 Å². The fraction of sp³-hybridized carbons (Fsp3) is 0.300. The monoisotopic (exact) mass is 437 g/mol. The Morgan fingerprint density at radius 2 is 1.80 bits per heavy atom. The molecule has 1 aliphatic carbocycles. The topological polar surface area (TPSA) is 77.6 Å². The molecule has 1 fully saturated rings. The number of aromatic nitrogens is 2. The van der Waals surface area contributed by atoms with Crippen molar-refractivity contribution < 1.29 is 26.6 Å². The van der Waals surface area contributed by atoms with Gasteiger partial charge in [0, 0.05) is 16.2 Å². The van der Waals surface area contributed by atoms with E-state index in [2.05, 4.69) is 19.0 Å². The van der Waals surface area contributed by atoms with Crippen molar-refractivity contribution in [3.8, 4) is 17.1 Å². The van der Waals surface area contributed by atoms with Gasteiger partial charge in [-0.05, 0) is 67.3 Å². The summed E-state index contributed by atoms with van der Waals surface area (Å²) < 4.78 is 65.5. The van der Waals surface area contributed by atoms with E-state index in [0.29, 0.717) is 33.6 Å². The molecule has 10 heteroatoms. The fourth-order valence-electron chi connectivity index (χ4n) is 2.88. The van der Waals surface area contributed by atoms with Crippen molar-refractivity contribution >= 4 is 15.4 Å². The predicted octanol–water partition coefficient (Wildman–Crippen LogP) is 5.33. The number of hydrogen-bond donors (Lipinski definition) is 0. The van der Waals surface area contributed by atoms with Gasteiger partial charge in [0.2, 0.25) is 5.82 Å². The summed E-state index contributed by atoms with van der Waals surface area (Å²) in [6.07, 6.45) is -2.64. The molecule has 1 atom stereocenters. The molecule has 3 aromatic rings. The van der Waals surface area contributed by atoms with Crippen LogP contribution in [0.15, 0.2) is 62.3 Å². The molecule has 30 heavy (non-hydrogen) atoms. The van der Waals surface area contributed by atoms with Gasteiger partial charge in [-0.1, -0.05) is 5.16 Å². The van der Waals surface area contributed by atoms with Crippen molar-refractivity contribution in [3.63, 3.8) is 0 Å². The van der Waals surface area contributed by atoms with Crippen LogP contribution >= 0.6 is 0 Å². The van der Waals surface area contributed by atoms with Crippen molar-refractivity contribution in [2.24, 2.45) is 10.3 Å². The van der Waals surface area contributed by atoms with Gasteiger partial charge in [0.25, 0.3) is 0 Å². The SMILES string of the molecule is COc1ccc(S(=O)(CC2CC2)=Nc2ccc(-c3noc(C(F)(F)F)n3)cc2)cc1. The van der Waals surface area contributed by atoms with Gasteiger partial charge in [0.15, 0.2) is 0 Å². The van der Waals surface area contributed by atoms with Gasteiger partial charge >= 0.3 is 12.1 Å². The summed E-state index contributed by atoms with van der Waals surface area (Å²) in [5.74, 6) is -0.0840. The van der Waals surface area contributed by atoms with E-state index < -0.39 is 21.8 Å². The maximum absolute atomic E-state index is 13.7. The van der Waals surface area contributed by atoms with E-state index in [1.165, 1.54) is 12.1 Å². The first-order valence-electron chi connectivity index (χ1n) is 9.17. The van der Waals surface area contributed by atoms with Crippen LogP contribution in [0.1, 0.15) is 18.7 Å². The Hall–Kier alpha value is -2.88. The summed E-state index contributed by atoms with van der Waals surface area (Å²) in [6.45, 7) is 0. The summed E-state index contributed by atoms with van der Waals surface area (Å²) in [5, 5.41) is 3.36. The van der Waals surface area contributed by atoms with Gasteiger partial charge < -0.3 is 9.26 Å². The van der Waals surface area contributed by atoms with Crippen LogP contribution in [0.5, 0.6) is 5.75 Å². The van der Waals surface area contributed by atoms with E-state index in [1.807, 2.05) is 0 Å². The Balaban J connectivity index is 1.65. The lowest BCUT2D eigenvalue weighted by Crippen LogP contribution is -2.08. The summed E-state index contributed by atoms with van der Waals surface area (Å²) in [4.78, 5) is 3.98. The molecule has 1 heterocycles. The van der Waals surface area contributed by atoms with Crippen LogP contribution in [0, 0.1) is 5.92 Å². The molecule has 0 amide bonds. The third-order valence-electron chi connectivity index (χ3n) is 4.63. The van der Waals surface area contributed by atoms with Crippen LogP contribution in [0.25, 0.3) is 11.4 Å². The summed E-state index contributed by atoms with van der Waals surface area (Å²) in [6, 6.07) is 13.2. The molecule has 158 valence electrons. The third kappa shape index (κ3) is 4.48. The van der Waals surface area contributed by atoms with Crippen molar-refractivity contribution in [1.29, 1.82) is 0 Å². The number of halogens is 3. The minimum absolute atomic E-state index is 0.178. The van der Waals surface area contributed by atoms with Gasteiger partial charge in [-0.25, -0.2) is 4.21 Å². The highest BCUT2D eigenvalue weighted by atomic mass is 32.2. The molecule has 4 rings (SSSR count). The number of hydrogen-bond acceptors (Lipinski definition) is 6. The third-order valence-corrected chi connectivity index (χ3v) is 7.07. The van der Waals surface area contributed by atoms with Crippen LogP contribution < -0.4 is 4.74 Å². The zero-order valence-electron chi connectivity index (χ0n) is 15.9. The first-order chi connectivity index (χ1) is 14.3. The van der Waals surface area contributed by atoms with E-state index in [9.17, 15) is 17.4 Å². The molecule has 2 aromatic carbocycles. The smallest absolute Gasteiger partial charge is 0.471 e. The number of rotatable bonds is 6. The summed E-state index contributed by atoms with van der Waals surface area (Å²) in [7, 11) is -1.14. The Bertz CT molecular complexity index is 1140. The average molecular weight is 437 g/mol. The normalized spacial score (nSPS) is 16.1. The summed E-state index contributed by atoms with van der Waals surface area (Å²) >= 11 is 0. The van der Waals surface area contributed by atoms with Crippen molar-refractivity contribution in [1.82, 2.24) is 10.1 Å². The molecule has 6 nitrogen and oxygen atoms in total. The Morgan fingerprint density at radius 3 is 2.33 bits per heavy atom. The largest absolute Gasteiger partial charge is 0.497 e. The predicted molar refractivity (Wildman–Crippen MR) is 104 cm³/mol. The molecule has 0 aliphatic heterocycles. The maximum Gasteiger partial charge on any atom is 0.471 e. The van der Waals surface area contributed by atoms with E-state index in [-0.39, 0.29) is 5.82 Å². The second kappa shape index (κ2) is 7.75. The molecule has 0 spiro atoms. The Kier molecular flexibility index (Phi) is 5.27. The first-order valence-corrected chi connectivity index (χ1v) is 10.9. The van der Waals surface area contributed by atoms with Gasteiger partial charge in [0.1, 0.15) is 5.75 Å². The quantitative estimate of drug-likeness (QED) is 0.521. The lowest BCUT2D eigenvalue weighted by molar-refractivity contribution is -0.159. The number of alkyl halides is 3. The maximum atomic E-state index is 13.7. The van der Waals surface area contributed by atoms with Gasteiger partial charge in [-0.2, -0.15) is 22.5 Å². The van der Waals surface area contributed by atoms with E-state index in [1.54, 1.807) is 43.5 Å². The Labute approximate surface area is 171 Å². The molecule has 0 radical (unpaired) electrons. The van der Waals surface area contributed by atoms with E-state index >= 15 is 0 Å². The second-order valence-corrected chi connectivity index (χ2v) is 9.25. The second-order valence-electron chi connectivity index (χ2n) is 6.99. The number of benzene rings is 2. The zero-order chi connectivity index (χ0) is 21.4. The minimum atomic E-state index is -4.70. The highest BCUT2D eigenvalue weighted by molar-refractivity contribution is 7.93. The standard InChI is InChI=1S/C20H18F3N3O3S/c1-28-16-8-10-17(11-9-16)30(27,12-13-2-3-13)26-15-6-4-14(5-7-15)18-24-19(29-25-18)20(21,22)23/h4-11,13H,2-3,12H2,1H3. The highest BCUT2D eigenvalue weighted by Gasteiger charge is 2.38. The number of methoxy groups -OCH3 is 1. The van der Waals surface area contributed by atoms with Gasteiger partial charge in [0.05, 0.1) is 22.5 Å². The molecule has 1 aromatic heterocycles. The lowest BCUT2D eigenvalue weighted by atomic mass is 10.2. The molecular weight excluding hydrogens is 419 g/mol. The van der Waals surface area contributed by atoms with Crippen LogP contribution in [-0.4, -0.2) is 27.2 Å². The lowest BCUT2D eigenvalue weighted by Gasteiger charge is -2.11. The number of nitrogens with zero attached hydrogens (tertiary/aromatic N) is 3. The van der Waals surface area contributed by atoms with Crippen LogP contribution in [0.3, 0.4) is 0 Å². The minimum Gasteiger partial charge on any atom is -0.497 e. The molecule has 1 unspecified atom stereocenters. The zero-order valence-corrected chi connectivity index (χ0v) is 16.7. The number of ether oxygens (including phenoxy) is 1. The molecular formula is C20H18F3N3O3S. The van der Waals surface area contributed by atoms with E-state index in [0.717, 1.165) is 12.8 Å². The van der Waals surface area contributed by atoms with Crippen molar-refractivity contribution in [2.75, 3.05) is 12.9 Å². The van der Waals surface area contributed by atoms with Crippen molar-refractivity contribution in [3.05, 3.63) is 54.4 Å². The molecule has 0 bridgehead atoms. The van der Waals surface area contributed by atoms with Crippen molar-refractivity contribution in [2.45, 2.75) is 23.9 Å². The highest BCUT2D eigenvalue weighted by Crippen LogP contribution is 2.35. The van der Waals surface area contributed by atoms with Crippen LogP contribution in [0.4, 0.5) is 18.9 Å². The summed E-state index contributed by atoms with van der Waals surface area (Å²) in [5.41, 5.74) is 0.797. The van der Waals surface area contributed by atoms with Gasteiger partial charge in [-0.3, -0.25) is 0 Å².